The number of sulfonamides is 1. The summed E-state index contributed by atoms with van der Waals surface area (Å²) in [5, 5.41) is 8.95. The Morgan fingerprint density at radius 1 is 1.37 bits per heavy atom. The Balaban J connectivity index is 2.26. The number of aliphatic carboxylic acids is 1. The molecule has 0 bridgehead atoms. The van der Waals surface area contributed by atoms with Gasteiger partial charge in [0.25, 0.3) is 0 Å². The lowest BCUT2D eigenvalue weighted by molar-refractivity contribution is -0.141. The highest BCUT2D eigenvalue weighted by molar-refractivity contribution is 7.89. The number of carboxylic acid groups (broad SMARTS) is 1. The fourth-order valence-electron chi connectivity index (χ4n) is 1.88. The van der Waals surface area contributed by atoms with E-state index >= 15 is 0 Å². The molecule has 1 aliphatic carbocycles. The van der Waals surface area contributed by atoms with Crippen LogP contribution in [0.5, 0.6) is 0 Å². The van der Waals surface area contributed by atoms with E-state index in [1.54, 1.807) is 18.2 Å². The third-order valence-corrected chi connectivity index (χ3v) is 5.11. The average molecular weight is 283 g/mol. The summed E-state index contributed by atoms with van der Waals surface area (Å²) in [5.74, 6) is -1.69. The van der Waals surface area contributed by atoms with Crippen molar-refractivity contribution < 1.29 is 18.3 Å². The molecule has 5 nitrogen and oxygen atoms in total. The first-order valence-electron chi connectivity index (χ1n) is 6.22. The Hall–Kier alpha value is -1.40. The van der Waals surface area contributed by atoms with Crippen molar-refractivity contribution in [2.75, 3.05) is 6.54 Å². The van der Waals surface area contributed by atoms with Gasteiger partial charge in [0, 0.05) is 12.6 Å². The number of carbonyl (C=O) groups is 1. The van der Waals surface area contributed by atoms with Crippen LogP contribution in [-0.2, 0) is 14.8 Å². The van der Waals surface area contributed by atoms with Crippen molar-refractivity contribution in [1.82, 2.24) is 4.31 Å². The van der Waals surface area contributed by atoms with Gasteiger partial charge in [0.2, 0.25) is 10.0 Å². The Kier molecular flexibility index (Phi) is 3.91. The van der Waals surface area contributed by atoms with E-state index < -0.39 is 21.9 Å². The summed E-state index contributed by atoms with van der Waals surface area (Å²) in [5.41, 5.74) is 0. The first kappa shape index (κ1) is 14.0. The molecule has 0 heterocycles. The maximum atomic E-state index is 12.5. The molecule has 1 N–H and O–H groups in total. The molecule has 104 valence electrons. The van der Waals surface area contributed by atoms with Crippen LogP contribution in [0.25, 0.3) is 0 Å². The molecule has 1 aliphatic rings. The topological polar surface area (TPSA) is 74.7 Å². The zero-order valence-corrected chi connectivity index (χ0v) is 11.5. The third kappa shape index (κ3) is 3.13. The second-order valence-electron chi connectivity index (χ2n) is 4.86. The van der Waals surface area contributed by atoms with Crippen molar-refractivity contribution in [3.8, 4) is 0 Å². The largest absolute Gasteiger partial charge is 0.481 e. The van der Waals surface area contributed by atoms with Crippen molar-refractivity contribution in [2.24, 2.45) is 5.92 Å². The zero-order chi connectivity index (χ0) is 14.0. The molecule has 0 spiro atoms. The second-order valence-corrected chi connectivity index (χ2v) is 6.75. The van der Waals surface area contributed by atoms with Crippen LogP contribution in [-0.4, -0.2) is 36.4 Å². The molecule has 1 atom stereocenters. The lowest BCUT2D eigenvalue weighted by Gasteiger charge is -2.23. The Morgan fingerprint density at radius 3 is 2.42 bits per heavy atom. The minimum Gasteiger partial charge on any atom is -0.481 e. The monoisotopic (exact) mass is 283 g/mol. The van der Waals surface area contributed by atoms with E-state index in [9.17, 15) is 13.2 Å². The lowest BCUT2D eigenvalue weighted by Crippen LogP contribution is -2.38. The smallest absolute Gasteiger partial charge is 0.307 e. The van der Waals surface area contributed by atoms with Crippen LogP contribution in [0.1, 0.15) is 19.8 Å². The van der Waals surface area contributed by atoms with Gasteiger partial charge < -0.3 is 5.11 Å². The molecule has 0 aromatic heterocycles. The van der Waals surface area contributed by atoms with Gasteiger partial charge in [-0.1, -0.05) is 25.1 Å². The van der Waals surface area contributed by atoms with E-state index in [1.165, 1.54) is 23.4 Å². The van der Waals surface area contributed by atoms with Crippen molar-refractivity contribution in [2.45, 2.75) is 30.7 Å². The summed E-state index contributed by atoms with van der Waals surface area (Å²) in [7, 11) is -3.60. The molecular weight excluding hydrogens is 266 g/mol. The number of hydrogen-bond acceptors (Lipinski definition) is 3. The predicted molar refractivity (Wildman–Crippen MR) is 70.2 cm³/mol. The van der Waals surface area contributed by atoms with Crippen molar-refractivity contribution in [3.05, 3.63) is 30.3 Å². The SMILES string of the molecule is CC(CN(C1CC1)S(=O)(=O)c1ccccc1)C(=O)O. The molecule has 2 rings (SSSR count). The highest BCUT2D eigenvalue weighted by Gasteiger charge is 2.39. The molecular formula is C13H17NO4S. The maximum absolute atomic E-state index is 12.5. The molecule has 19 heavy (non-hydrogen) atoms. The molecule has 1 aromatic carbocycles. The number of hydrogen-bond donors (Lipinski definition) is 1. The van der Waals surface area contributed by atoms with Crippen LogP contribution < -0.4 is 0 Å². The van der Waals surface area contributed by atoms with Crippen molar-refractivity contribution >= 4 is 16.0 Å². The van der Waals surface area contributed by atoms with Gasteiger partial charge in [0.1, 0.15) is 0 Å². The molecule has 1 fully saturated rings. The van der Waals surface area contributed by atoms with Crippen molar-refractivity contribution in [1.29, 1.82) is 0 Å². The summed E-state index contributed by atoms with van der Waals surface area (Å²) < 4.78 is 26.3. The molecule has 6 heteroatoms. The first-order valence-corrected chi connectivity index (χ1v) is 7.66. The molecule has 1 aromatic rings. The van der Waals surface area contributed by atoms with Gasteiger partial charge in [-0.15, -0.1) is 0 Å². The molecule has 0 amide bonds. The van der Waals surface area contributed by atoms with Crippen LogP contribution in [0.3, 0.4) is 0 Å². The minimum absolute atomic E-state index is 0.0250. The quantitative estimate of drug-likeness (QED) is 0.859. The van der Waals surface area contributed by atoms with Crippen LogP contribution in [0.15, 0.2) is 35.2 Å². The molecule has 0 radical (unpaired) electrons. The summed E-state index contributed by atoms with van der Waals surface area (Å²) in [4.78, 5) is 11.1. The van der Waals surface area contributed by atoms with E-state index in [4.69, 9.17) is 5.11 Å². The summed E-state index contributed by atoms with van der Waals surface area (Å²) >= 11 is 0. The molecule has 0 saturated heterocycles. The van der Waals surface area contributed by atoms with Crippen LogP contribution in [0.4, 0.5) is 0 Å². The zero-order valence-electron chi connectivity index (χ0n) is 10.7. The van der Waals surface area contributed by atoms with Gasteiger partial charge in [0.15, 0.2) is 0 Å². The number of carboxylic acids is 1. The normalized spacial score (nSPS) is 17.4. The number of benzene rings is 1. The third-order valence-electron chi connectivity index (χ3n) is 3.18. The van der Waals surface area contributed by atoms with Gasteiger partial charge in [-0.3, -0.25) is 4.79 Å². The lowest BCUT2D eigenvalue weighted by atomic mass is 10.2. The summed E-state index contributed by atoms with van der Waals surface area (Å²) in [6, 6.07) is 8.11. The first-order chi connectivity index (χ1) is 8.93. The standard InChI is InChI=1S/C13H17NO4S/c1-10(13(15)16)9-14(11-7-8-11)19(17,18)12-5-3-2-4-6-12/h2-6,10-11H,7-9H2,1H3,(H,15,16). The number of rotatable bonds is 6. The van der Waals surface area contributed by atoms with Gasteiger partial charge >= 0.3 is 5.97 Å². The Labute approximate surface area is 112 Å². The highest BCUT2D eigenvalue weighted by Crippen LogP contribution is 2.32. The number of nitrogens with zero attached hydrogens (tertiary/aromatic N) is 1. The summed E-state index contributed by atoms with van der Waals surface area (Å²) in [6.07, 6.45) is 1.61. The van der Waals surface area contributed by atoms with Gasteiger partial charge in [-0.2, -0.15) is 4.31 Å². The van der Waals surface area contributed by atoms with E-state index in [2.05, 4.69) is 0 Å². The van der Waals surface area contributed by atoms with E-state index in [-0.39, 0.29) is 17.5 Å². The fourth-order valence-corrected chi connectivity index (χ4v) is 3.68. The second kappa shape index (κ2) is 5.30. The average Bonchev–Trinajstić information content (AvgIpc) is 3.20. The van der Waals surface area contributed by atoms with Gasteiger partial charge in [-0.25, -0.2) is 8.42 Å². The Bertz CT molecular complexity index is 551. The van der Waals surface area contributed by atoms with Gasteiger partial charge in [-0.05, 0) is 25.0 Å². The van der Waals surface area contributed by atoms with Crippen LogP contribution >= 0.6 is 0 Å². The highest BCUT2D eigenvalue weighted by atomic mass is 32.2. The van der Waals surface area contributed by atoms with E-state index in [0.29, 0.717) is 0 Å². The Morgan fingerprint density at radius 2 is 1.95 bits per heavy atom. The van der Waals surface area contributed by atoms with Gasteiger partial charge in [0.05, 0.1) is 10.8 Å². The predicted octanol–water partition coefficient (Wildman–Crippen LogP) is 1.56. The van der Waals surface area contributed by atoms with E-state index in [0.717, 1.165) is 12.8 Å². The van der Waals surface area contributed by atoms with Crippen LogP contribution in [0, 0.1) is 5.92 Å². The fraction of sp³-hybridized carbons (Fsp3) is 0.462. The molecule has 1 saturated carbocycles. The minimum atomic E-state index is -3.60. The van der Waals surface area contributed by atoms with Crippen molar-refractivity contribution in [3.63, 3.8) is 0 Å². The summed E-state index contributed by atoms with van der Waals surface area (Å²) in [6.45, 7) is 1.55. The molecule has 0 aliphatic heterocycles. The van der Waals surface area contributed by atoms with Crippen LogP contribution in [0.2, 0.25) is 0 Å². The van der Waals surface area contributed by atoms with E-state index in [1.807, 2.05) is 0 Å². The maximum Gasteiger partial charge on any atom is 0.307 e. The molecule has 1 unspecified atom stereocenters.